The van der Waals surface area contributed by atoms with E-state index in [-0.39, 0.29) is 0 Å². The number of nitrogens with one attached hydrogen (secondary N) is 1. The van der Waals surface area contributed by atoms with Gasteiger partial charge in [0.2, 0.25) is 0 Å². The molecule has 3 rings (SSSR count). The fourth-order valence-corrected chi connectivity index (χ4v) is 3.19. The highest BCUT2D eigenvalue weighted by atomic mass is 14.9. The first-order valence-corrected chi connectivity index (χ1v) is 7.79. The number of anilines is 1. The second kappa shape index (κ2) is 6.27. The van der Waals surface area contributed by atoms with Gasteiger partial charge in [-0.25, -0.2) is 0 Å². The first-order chi connectivity index (χ1) is 10.3. The minimum Gasteiger partial charge on any atom is -0.398 e. The van der Waals surface area contributed by atoms with E-state index >= 15 is 0 Å². The summed E-state index contributed by atoms with van der Waals surface area (Å²) < 4.78 is 0. The minimum atomic E-state index is 0.436. The van der Waals surface area contributed by atoms with E-state index in [1.165, 1.54) is 11.1 Å². The van der Waals surface area contributed by atoms with Crippen LogP contribution in [0, 0.1) is 0 Å². The largest absolute Gasteiger partial charge is 0.398 e. The molecule has 1 aliphatic rings. The first kappa shape index (κ1) is 14.1. The average Bonchev–Trinajstić information content (AvgIpc) is 2.48. The first-order valence-electron chi connectivity index (χ1n) is 7.79. The third-order valence-electron chi connectivity index (χ3n) is 4.42. The van der Waals surface area contributed by atoms with Crippen molar-refractivity contribution in [2.24, 2.45) is 0 Å². The molecule has 2 aromatic rings. The maximum absolute atomic E-state index is 6.08. The molecule has 1 heterocycles. The van der Waals surface area contributed by atoms with Gasteiger partial charge in [-0.3, -0.25) is 4.98 Å². The molecular formula is C18H23N3. The van der Waals surface area contributed by atoms with E-state index in [1.807, 2.05) is 12.3 Å². The van der Waals surface area contributed by atoms with Crippen molar-refractivity contribution in [3.8, 4) is 0 Å². The quantitative estimate of drug-likeness (QED) is 0.856. The smallest absolute Gasteiger partial charge is 0.0378 e. The molecule has 3 heteroatoms. The van der Waals surface area contributed by atoms with Gasteiger partial charge in [-0.1, -0.05) is 31.2 Å². The zero-order valence-corrected chi connectivity index (χ0v) is 12.5. The van der Waals surface area contributed by atoms with Crippen molar-refractivity contribution in [3.05, 3.63) is 59.4 Å². The van der Waals surface area contributed by atoms with Crippen molar-refractivity contribution in [2.75, 3.05) is 12.3 Å². The summed E-state index contributed by atoms with van der Waals surface area (Å²) >= 11 is 0. The van der Waals surface area contributed by atoms with Gasteiger partial charge in [0.05, 0.1) is 0 Å². The molecule has 0 bridgehead atoms. The summed E-state index contributed by atoms with van der Waals surface area (Å²) in [5.41, 5.74) is 11.1. The van der Waals surface area contributed by atoms with Crippen LogP contribution in [-0.4, -0.2) is 17.6 Å². The zero-order chi connectivity index (χ0) is 14.7. The molecule has 0 fully saturated rings. The van der Waals surface area contributed by atoms with Crippen LogP contribution in [0.25, 0.3) is 0 Å². The Labute approximate surface area is 126 Å². The third-order valence-corrected chi connectivity index (χ3v) is 4.42. The number of benzene rings is 1. The molecule has 0 radical (unpaired) electrons. The fraction of sp³-hybridized carbons (Fsp3) is 0.389. The van der Waals surface area contributed by atoms with E-state index in [0.29, 0.717) is 12.0 Å². The predicted molar refractivity (Wildman–Crippen MR) is 87.3 cm³/mol. The number of pyridine rings is 1. The number of nitrogen functional groups attached to an aromatic ring is 1. The Bertz CT molecular complexity index is 609. The molecule has 1 aromatic heterocycles. The van der Waals surface area contributed by atoms with Gasteiger partial charge in [-0.2, -0.15) is 0 Å². The van der Waals surface area contributed by atoms with E-state index in [9.17, 15) is 0 Å². The lowest BCUT2D eigenvalue weighted by Gasteiger charge is -2.37. The van der Waals surface area contributed by atoms with Gasteiger partial charge in [0.1, 0.15) is 0 Å². The molecule has 0 aliphatic heterocycles. The number of hydrogen-bond donors (Lipinski definition) is 2. The summed E-state index contributed by atoms with van der Waals surface area (Å²) in [4.78, 5) is 4.22. The molecule has 3 N–H and O–H groups in total. The molecule has 110 valence electrons. The predicted octanol–water partition coefficient (Wildman–Crippen LogP) is 2.91. The Morgan fingerprint density at radius 1 is 1.33 bits per heavy atom. The molecule has 2 unspecified atom stereocenters. The van der Waals surface area contributed by atoms with Crippen LogP contribution in [0.1, 0.15) is 36.0 Å². The van der Waals surface area contributed by atoms with Gasteiger partial charge in [0, 0.05) is 30.0 Å². The average molecular weight is 281 g/mol. The summed E-state index contributed by atoms with van der Waals surface area (Å²) in [6, 6.07) is 11.1. The lowest BCUT2D eigenvalue weighted by molar-refractivity contribution is 0.397. The van der Waals surface area contributed by atoms with Gasteiger partial charge in [-0.15, -0.1) is 0 Å². The third kappa shape index (κ3) is 2.93. The number of aromatic nitrogens is 1. The highest BCUT2D eigenvalue weighted by molar-refractivity contribution is 5.46. The normalized spacial score (nSPS) is 17.9. The lowest BCUT2D eigenvalue weighted by atomic mass is 9.72. The van der Waals surface area contributed by atoms with Crippen LogP contribution in [0.2, 0.25) is 0 Å². The molecule has 1 aromatic carbocycles. The van der Waals surface area contributed by atoms with Crippen molar-refractivity contribution < 1.29 is 0 Å². The zero-order valence-electron chi connectivity index (χ0n) is 12.5. The van der Waals surface area contributed by atoms with E-state index in [0.717, 1.165) is 37.1 Å². The highest BCUT2D eigenvalue weighted by Crippen LogP contribution is 2.38. The topological polar surface area (TPSA) is 50.9 Å². The Hall–Kier alpha value is -1.87. The molecule has 0 saturated carbocycles. The molecule has 2 atom stereocenters. The van der Waals surface area contributed by atoms with Crippen LogP contribution in [0.3, 0.4) is 0 Å². The van der Waals surface area contributed by atoms with Gasteiger partial charge in [0.25, 0.3) is 0 Å². The van der Waals surface area contributed by atoms with E-state index in [1.54, 1.807) is 6.20 Å². The number of rotatable bonds is 6. The van der Waals surface area contributed by atoms with Crippen LogP contribution >= 0.6 is 0 Å². The second-order valence-electron chi connectivity index (χ2n) is 5.85. The summed E-state index contributed by atoms with van der Waals surface area (Å²) in [5.74, 6) is 0.590. The van der Waals surface area contributed by atoms with Crippen LogP contribution in [0.5, 0.6) is 0 Å². The molecule has 3 nitrogen and oxygen atoms in total. The second-order valence-corrected chi connectivity index (χ2v) is 5.85. The molecule has 0 spiro atoms. The minimum absolute atomic E-state index is 0.436. The fourth-order valence-electron chi connectivity index (χ4n) is 3.19. The summed E-state index contributed by atoms with van der Waals surface area (Å²) in [5, 5.41) is 3.70. The SMILES string of the molecule is CCCNC(Cc1cnccc1N)C1Cc2ccccc21. The number of nitrogens with zero attached hydrogens (tertiary/aromatic N) is 1. The van der Waals surface area contributed by atoms with Gasteiger partial charge in [-0.05, 0) is 48.6 Å². The lowest BCUT2D eigenvalue weighted by Crippen LogP contribution is -2.42. The van der Waals surface area contributed by atoms with Crippen molar-refractivity contribution >= 4 is 5.69 Å². The monoisotopic (exact) mass is 281 g/mol. The highest BCUT2D eigenvalue weighted by Gasteiger charge is 2.32. The molecular weight excluding hydrogens is 258 g/mol. The molecule has 0 saturated heterocycles. The standard InChI is InChI=1S/C18H23N3/c1-2-8-21-18(11-14-12-20-9-7-17(14)19)16-10-13-5-3-4-6-15(13)16/h3-7,9,12,16,18,21H,2,8,10-11H2,1H3,(H2,19,20). The van der Waals surface area contributed by atoms with E-state index in [4.69, 9.17) is 5.73 Å². The van der Waals surface area contributed by atoms with E-state index in [2.05, 4.69) is 41.5 Å². The van der Waals surface area contributed by atoms with Gasteiger partial charge in [0.15, 0.2) is 0 Å². The maximum atomic E-state index is 6.08. The molecule has 1 aliphatic carbocycles. The van der Waals surface area contributed by atoms with Crippen LogP contribution in [0.4, 0.5) is 5.69 Å². The Balaban J connectivity index is 1.78. The number of nitrogens with two attached hydrogens (primary N) is 1. The maximum Gasteiger partial charge on any atom is 0.0378 e. The van der Waals surface area contributed by atoms with Crippen molar-refractivity contribution in [3.63, 3.8) is 0 Å². The van der Waals surface area contributed by atoms with Crippen LogP contribution in [-0.2, 0) is 12.8 Å². The summed E-state index contributed by atoms with van der Waals surface area (Å²) in [7, 11) is 0. The van der Waals surface area contributed by atoms with Gasteiger partial charge < -0.3 is 11.1 Å². The van der Waals surface area contributed by atoms with Crippen molar-refractivity contribution in [1.82, 2.24) is 10.3 Å². The molecule has 0 amide bonds. The Morgan fingerprint density at radius 3 is 2.95 bits per heavy atom. The van der Waals surface area contributed by atoms with Crippen LogP contribution in [0.15, 0.2) is 42.7 Å². The molecule has 21 heavy (non-hydrogen) atoms. The number of hydrogen-bond acceptors (Lipinski definition) is 3. The van der Waals surface area contributed by atoms with Crippen molar-refractivity contribution in [1.29, 1.82) is 0 Å². The Morgan fingerprint density at radius 2 is 2.19 bits per heavy atom. The van der Waals surface area contributed by atoms with Gasteiger partial charge >= 0.3 is 0 Å². The van der Waals surface area contributed by atoms with Crippen molar-refractivity contribution in [2.45, 2.75) is 38.1 Å². The van der Waals surface area contributed by atoms with E-state index < -0.39 is 0 Å². The Kier molecular flexibility index (Phi) is 4.20. The summed E-state index contributed by atoms with van der Waals surface area (Å²) in [6.45, 7) is 3.25. The summed E-state index contributed by atoms with van der Waals surface area (Å²) in [6.07, 6.45) is 6.91. The van der Waals surface area contributed by atoms with Crippen LogP contribution < -0.4 is 11.1 Å². The number of fused-ring (bicyclic) bond motifs is 1.